The number of carbonyl (C=O) groups is 2. The number of amides is 1. The van der Waals surface area contributed by atoms with Crippen LogP contribution in [-0.4, -0.2) is 43.8 Å². The molecule has 1 aliphatic heterocycles. The third-order valence-corrected chi connectivity index (χ3v) is 6.70. The number of piperidine rings is 1. The van der Waals surface area contributed by atoms with Gasteiger partial charge in [0.1, 0.15) is 0 Å². The highest BCUT2D eigenvalue weighted by atomic mass is 16.2. The summed E-state index contributed by atoms with van der Waals surface area (Å²) in [5.74, 6) is 0.747. The number of nitrogens with zero attached hydrogens (tertiary/aromatic N) is 4. The fraction of sp³-hybridized carbons (Fsp3) is 0.296. The van der Waals surface area contributed by atoms with E-state index in [1.807, 2.05) is 82.9 Å². The maximum Gasteiger partial charge on any atom is 0.219 e. The predicted molar refractivity (Wildman–Crippen MR) is 128 cm³/mol. The van der Waals surface area contributed by atoms with Crippen molar-refractivity contribution >= 4 is 22.5 Å². The van der Waals surface area contributed by atoms with Gasteiger partial charge in [0.25, 0.3) is 0 Å². The predicted octanol–water partition coefficient (Wildman–Crippen LogP) is 4.38. The Morgan fingerprint density at radius 3 is 2.64 bits per heavy atom. The molecule has 0 spiro atoms. The van der Waals surface area contributed by atoms with Crippen molar-refractivity contribution in [3.63, 3.8) is 0 Å². The topological polar surface area (TPSA) is 60.1 Å². The van der Waals surface area contributed by atoms with Gasteiger partial charge in [0, 0.05) is 56.3 Å². The molecule has 168 valence electrons. The van der Waals surface area contributed by atoms with Crippen LogP contribution in [0.4, 0.5) is 0 Å². The quantitative estimate of drug-likeness (QED) is 0.418. The zero-order chi connectivity index (χ0) is 22.8. The van der Waals surface area contributed by atoms with Gasteiger partial charge < -0.3 is 14.0 Å². The Morgan fingerprint density at radius 1 is 1.03 bits per heavy atom. The monoisotopic (exact) mass is 440 g/mol. The second-order valence-electron chi connectivity index (χ2n) is 8.92. The van der Waals surface area contributed by atoms with Gasteiger partial charge in [-0.05, 0) is 35.6 Å². The van der Waals surface area contributed by atoms with Gasteiger partial charge in [-0.2, -0.15) is 0 Å². The molecule has 4 aromatic rings. The van der Waals surface area contributed by atoms with Crippen LogP contribution in [0.2, 0.25) is 0 Å². The lowest BCUT2D eigenvalue weighted by Crippen LogP contribution is -2.38. The number of hydrogen-bond acceptors (Lipinski definition) is 3. The Morgan fingerprint density at radius 2 is 1.82 bits per heavy atom. The molecule has 6 heteroatoms. The molecule has 1 fully saturated rings. The summed E-state index contributed by atoms with van der Waals surface area (Å²) in [5.41, 5.74) is 2.53. The molecule has 1 saturated heterocycles. The summed E-state index contributed by atoms with van der Waals surface area (Å²) in [4.78, 5) is 31.1. The van der Waals surface area contributed by atoms with E-state index < -0.39 is 0 Å². The van der Waals surface area contributed by atoms with Crippen LogP contribution in [0.15, 0.2) is 73.4 Å². The van der Waals surface area contributed by atoms with Gasteiger partial charge in [-0.3, -0.25) is 9.59 Å². The number of fused-ring (bicyclic) bond motifs is 1. The summed E-state index contributed by atoms with van der Waals surface area (Å²) in [6.45, 7) is 4.88. The minimum Gasteiger partial charge on any atom is -0.348 e. The van der Waals surface area contributed by atoms with E-state index in [1.54, 1.807) is 6.92 Å². The molecule has 3 heterocycles. The maximum absolute atomic E-state index is 13.2. The average molecular weight is 441 g/mol. The lowest BCUT2D eigenvalue weighted by molar-refractivity contribution is -0.130. The van der Waals surface area contributed by atoms with E-state index in [1.165, 1.54) is 0 Å². The van der Waals surface area contributed by atoms with E-state index >= 15 is 0 Å². The van der Waals surface area contributed by atoms with Crippen LogP contribution in [0.25, 0.3) is 10.8 Å². The van der Waals surface area contributed by atoms with Crippen molar-refractivity contribution in [1.82, 2.24) is 19.0 Å². The summed E-state index contributed by atoms with van der Waals surface area (Å²) in [6, 6.07) is 15.7. The Labute approximate surface area is 193 Å². The average Bonchev–Trinajstić information content (AvgIpc) is 3.48. The fourth-order valence-corrected chi connectivity index (χ4v) is 4.79. The lowest BCUT2D eigenvalue weighted by Gasteiger charge is -2.31. The third-order valence-electron chi connectivity index (χ3n) is 6.70. The highest BCUT2D eigenvalue weighted by molar-refractivity contribution is 6.16. The largest absolute Gasteiger partial charge is 0.348 e. The Hall–Kier alpha value is -3.67. The van der Waals surface area contributed by atoms with Crippen LogP contribution in [0.1, 0.15) is 41.4 Å². The van der Waals surface area contributed by atoms with Crippen LogP contribution >= 0.6 is 0 Å². The van der Waals surface area contributed by atoms with Gasteiger partial charge in [-0.15, -0.1) is 0 Å². The van der Waals surface area contributed by atoms with Crippen molar-refractivity contribution in [3.05, 3.63) is 90.3 Å². The first-order chi connectivity index (χ1) is 16.1. The Balaban J connectivity index is 1.28. The summed E-state index contributed by atoms with van der Waals surface area (Å²) < 4.78 is 4.25. The van der Waals surface area contributed by atoms with E-state index in [-0.39, 0.29) is 11.7 Å². The molecule has 33 heavy (non-hydrogen) atoms. The first kappa shape index (κ1) is 21.2. The standard InChI is InChI=1S/C27H28N4O2/c1-20(32)30-13-9-21(10-14-30)16-31-19-28-15-24(31)18-29-12-11-23(17-29)27(33)26-8-4-6-22-5-2-3-7-25(22)26/h2-8,11-12,15,17,19,21H,9-10,13-14,16,18H2,1H3. The van der Waals surface area contributed by atoms with Crippen molar-refractivity contribution in [2.24, 2.45) is 5.92 Å². The van der Waals surface area contributed by atoms with Crippen molar-refractivity contribution in [3.8, 4) is 0 Å². The van der Waals surface area contributed by atoms with Crippen LogP contribution in [0, 0.1) is 5.92 Å². The first-order valence-electron chi connectivity index (χ1n) is 11.5. The smallest absolute Gasteiger partial charge is 0.219 e. The molecule has 0 radical (unpaired) electrons. The van der Waals surface area contributed by atoms with Crippen molar-refractivity contribution in [2.45, 2.75) is 32.9 Å². The number of ketones is 1. The SMILES string of the molecule is CC(=O)N1CCC(Cn2cncc2Cn2ccc(C(=O)c3cccc4ccccc34)c2)CC1. The van der Waals surface area contributed by atoms with Gasteiger partial charge in [-0.25, -0.2) is 4.98 Å². The summed E-state index contributed by atoms with van der Waals surface area (Å²) >= 11 is 0. The van der Waals surface area contributed by atoms with E-state index in [0.717, 1.165) is 54.5 Å². The zero-order valence-electron chi connectivity index (χ0n) is 18.9. The highest BCUT2D eigenvalue weighted by Gasteiger charge is 2.21. The number of likely N-dealkylation sites (tertiary alicyclic amines) is 1. The molecule has 0 bridgehead atoms. The molecule has 0 unspecified atom stereocenters. The Kier molecular flexibility index (Phi) is 5.82. The van der Waals surface area contributed by atoms with Gasteiger partial charge in [-0.1, -0.05) is 42.5 Å². The van der Waals surface area contributed by atoms with Crippen LogP contribution in [0.3, 0.4) is 0 Å². The van der Waals surface area contributed by atoms with Crippen LogP contribution in [-0.2, 0) is 17.9 Å². The highest BCUT2D eigenvalue weighted by Crippen LogP contribution is 2.23. The second-order valence-corrected chi connectivity index (χ2v) is 8.92. The van der Waals surface area contributed by atoms with Crippen LogP contribution < -0.4 is 0 Å². The summed E-state index contributed by atoms with van der Waals surface area (Å²) in [6.07, 6.45) is 9.71. The minimum atomic E-state index is 0.0382. The molecule has 1 aliphatic rings. The van der Waals surface area contributed by atoms with Gasteiger partial charge in [0.15, 0.2) is 5.78 Å². The Bertz CT molecular complexity index is 1290. The molecule has 0 aliphatic carbocycles. The molecule has 1 amide bonds. The molecule has 0 atom stereocenters. The zero-order valence-corrected chi connectivity index (χ0v) is 18.9. The molecule has 5 rings (SSSR count). The molecule has 6 nitrogen and oxygen atoms in total. The van der Waals surface area contributed by atoms with Gasteiger partial charge in [0.05, 0.1) is 18.6 Å². The number of hydrogen-bond donors (Lipinski definition) is 0. The maximum atomic E-state index is 13.2. The van der Waals surface area contributed by atoms with Crippen molar-refractivity contribution in [2.75, 3.05) is 13.1 Å². The van der Waals surface area contributed by atoms with Crippen molar-refractivity contribution < 1.29 is 9.59 Å². The fourth-order valence-electron chi connectivity index (χ4n) is 4.79. The number of aromatic nitrogens is 3. The molecule has 0 saturated carbocycles. The van der Waals surface area contributed by atoms with E-state index in [2.05, 4.69) is 9.55 Å². The van der Waals surface area contributed by atoms with Gasteiger partial charge >= 0.3 is 0 Å². The molecule has 2 aromatic carbocycles. The van der Waals surface area contributed by atoms with E-state index in [0.29, 0.717) is 18.0 Å². The van der Waals surface area contributed by atoms with E-state index in [9.17, 15) is 9.59 Å². The second kappa shape index (κ2) is 9.06. The number of carbonyl (C=O) groups excluding carboxylic acids is 2. The summed E-state index contributed by atoms with van der Waals surface area (Å²) in [5, 5.41) is 2.05. The molecular weight excluding hydrogens is 412 g/mol. The van der Waals surface area contributed by atoms with Crippen molar-refractivity contribution in [1.29, 1.82) is 0 Å². The molecule has 0 N–H and O–H groups in total. The van der Waals surface area contributed by atoms with Crippen LogP contribution in [0.5, 0.6) is 0 Å². The summed E-state index contributed by atoms with van der Waals surface area (Å²) in [7, 11) is 0. The molecule has 2 aromatic heterocycles. The van der Waals surface area contributed by atoms with E-state index in [4.69, 9.17) is 0 Å². The minimum absolute atomic E-state index is 0.0382. The lowest BCUT2D eigenvalue weighted by atomic mass is 9.96. The number of benzene rings is 2. The van der Waals surface area contributed by atoms with Gasteiger partial charge in [0.2, 0.25) is 5.91 Å². The first-order valence-corrected chi connectivity index (χ1v) is 11.5. The number of imidazole rings is 1. The number of rotatable bonds is 6. The molecular formula is C27H28N4O2. The normalized spacial score (nSPS) is 14.6. The third kappa shape index (κ3) is 4.46.